The van der Waals surface area contributed by atoms with Gasteiger partial charge in [-0.2, -0.15) is 0 Å². The summed E-state index contributed by atoms with van der Waals surface area (Å²) in [4.78, 5) is 27.5. The second kappa shape index (κ2) is 7.34. The van der Waals surface area contributed by atoms with Gasteiger partial charge in [0.25, 0.3) is 11.7 Å². The number of ketones is 1. The zero-order valence-corrected chi connectivity index (χ0v) is 14.7. The number of hydrogen-bond acceptors (Lipinski definition) is 4. The molecule has 3 heterocycles. The van der Waals surface area contributed by atoms with Crippen molar-refractivity contribution in [1.82, 2.24) is 9.30 Å². The number of carbonyl (C=O) groups excluding carboxylic acids is 2. The minimum atomic E-state index is -0.790. The van der Waals surface area contributed by atoms with E-state index < -0.39 is 17.8 Å². The molecule has 3 aromatic rings. The number of nitrogens with zero attached hydrogens (tertiary/aromatic N) is 2. The van der Waals surface area contributed by atoms with Gasteiger partial charge in [-0.15, -0.1) is 0 Å². The molecule has 1 amide bonds. The summed E-state index contributed by atoms with van der Waals surface area (Å²) >= 11 is 0. The van der Waals surface area contributed by atoms with E-state index in [2.05, 4.69) is 0 Å². The van der Waals surface area contributed by atoms with Crippen LogP contribution >= 0.6 is 0 Å². The summed E-state index contributed by atoms with van der Waals surface area (Å²) < 4.78 is 7.00. The SMILES string of the molecule is O=C(C(=O)N1CCOC[C@@H](O)C1)c1c(-c2ccccc2)cc2ccccn12. The van der Waals surface area contributed by atoms with Crippen LogP contribution < -0.4 is 0 Å². The van der Waals surface area contributed by atoms with E-state index in [9.17, 15) is 14.7 Å². The Bertz CT molecular complexity index is 980. The van der Waals surface area contributed by atoms with E-state index in [0.29, 0.717) is 17.9 Å². The molecule has 6 heteroatoms. The maximum absolute atomic E-state index is 13.2. The molecular formula is C21H20N2O4. The zero-order valence-electron chi connectivity index (χ0n) is 14.7. The first-order valence-electron chi connectivity index (χ1n) is 8.90. The molecule has 0 unspecified atom stereocenters. The predicted octanol–water partition coefficient (Wildman–Crippen LogP) is 2.01. The molecular weight excluding hydrogens is 344 g/mol. The third kappa shape index (κ3) is 3.37. The molecule has 1 saturated heterocycles. The Hall–Kier alpha value is -2.96. The number of carbonyl (C=O) groups is 2. The molecule has 27 heavy (non-hydrogen) atoms. The van der Waals surface area contributed by atoms with E-state index >= 15 is 0 Å². The van der Waals surface area contributed by atoms with Crippen LogP contribution in [0.1, 0.15) is 10.5 Å². The van der Waals surface area contributed by atoms with Crippen LogP contribution in [0, 0.1) is 0 Å². The fourth-order valence-electron chi connectivity index (χ4n) is 3.41. The number of Topliss-reactive ketones (excluding diaryl/α,β-unsaturated/α-hetero) is 1. The van der Waals surface area contributed by atoms with E-state index in [1.165, 1.54) is 4.90 Å². The Morgan fingerprint density at radius 1 is 1.07 bits per heavy atom. The number of hydrogen-bond donors (Lipinski definition) is 1. The Morgan fingerprint density at radius 3 is 2.67 bits per heavy atom. The second-order valence-electron chi connectivity index (χ2n) is 6.58. The second-order valence-corrected chi connectivity index (χ2v) is 6.58. The molecule has 0 spiro atoms. The molecule has 1 aromatic carbocycles. The number of rotatable bonds is 3. The fourth-order valence-corrected chi connectivity index (χ4v) is 3.41. The van der Waals surface area contributed by atoms with Gasteiger partial charge in [-0.25, -0.2) is 0 Å². The first-order valence-corrected chi connectivity index (χ1v) is 8.90. The molecule has 4 rings (SSSR count). The molecule has 2 aromatic heterocycles. The van der Waals surface area contributed by atoms with E-state index in [4.69, 9.17) is 4.74 Å². The van der Waals surface area contributed by atoms with Gasteiger partial charge in [-0.3, -0.25) is 9.59 Å². The van der Waals surface area contributed by atoms with Crippen molar-refractivity contribution in [3.05, 3.63) is 66.5 Å². The summed E-state index contributed by atoms with van der Waals surface area (Å²) in [7, 11) is 0. The van der Waals surface area contributed by atoms with Crippen LogP contribution in [-0.4, -0.2) is 58.5 Å². The number of ether oxygens (including phenoxy) is 1. The maximum atomic E-state index is 13.2. The minimum Gasteiger partial charge on any atom is -0.389 e. The van der Waals surface area contributed by atoms with E-state index in [1.54, 1.807) is 10.6 Å². The van der Waals surface area contributed by atoms with E-state index in [-0.39, 0.29) is 19.7 Å². The number of amides is 1. The van der Waals surface area contributed by atoms with Crippen LogP contribution in [0.15, 0.2) is 60.8 Å². The van der Waals surface area contributed by atoms with Crippen LogP contribution in [0.4, 0.5) is 0 Å². The molecule has 1 fully saturated rings. The number of fused-ring (bicyclic) bond motifs is 1. The lowest BCUT2D eigenvalue weighted by molar-refractivity contribution is -0.127. The van der Waals surface area contributed by atoms with Gasteiger partial charge in [0.1, 0.15) is 5.69 Å². The van der Waals surface area contributed by atoms with Crippen LogP contribution in [0.5, 0.6) is 0 Å². The lowest BCUT2D eigenvalue weighted by atomic mass is 10.0. The van der Waals surface area contributed by atoms with Gasteiger partial charge in [-0.05, 0) is 23.8 Å². The minimum absolute atomic E-state index is 0.0918. The molecule has 1 atom stereocenters. The monoisotopic (exact) mass is 364 g/mol. The summed E-state index contributed by atoms with van der Waals surface area (Å²) in [5, 5.41) is 9.89. The highest BCUT2D eigenvalue weighted by molar-refractivity contribution is 6.43. The number of aromatic nitrogens is 1. The third-order valence-electron chi connectivity index (χ3n) is 4.71. The normalized spacial score (nSPS) is 17.7. The molecule has 0 aliphatic carbocycles. The largest absolute Gasteiger partial charge is 0.389 e. The van der Waals surface area contributed by atoms with Crippen LogP contribution in [-0.2, 0) is 9.53 Å². The predicted molar refractivity (Wildman–Crippen MR) is 101 cm³/mol. The van der Waals surface area contributed by atoms with Crippen molar-refractivity contribution in [2.24, 2.45) is 0 Å². The molecule has 0 bridgehead atoms. The average Bonchev–Trinajstić information content (AvgIpc) is 2.95. The van der Waals surface area contributed by atoms with Crippen LogP contribution in [0.25, 0.3) is 16.6 Å². The molecule has 6 nitrogen and oxygen atoms in total. The highest BCUT2D eigenvalue weighted by Gasteiger charge is 2.30. The standard InChI is InChI=1S/C21H20N2O4/c24-17-13-22(10-11-27-14-17)21(26)20(25)19-18(15-6-2-1-3-7-15)12-16-8-4-5-9-23(16)19/h1-9,12,17,24H,10-11,13-14H2/t17-/m0/s1. The Morgan fingerprint density at radius 2 is 1.85 bits per heavy atom. The number of aliphatic hydroxyl groups is 1. The van der Waals surface area contributed by atoms with Crippen molar-refractivity contribution >= 4 is 17.2 Å². The molecule has 1 aliphatic rings. The molecule has 0 radical (unpaired) electrons. The first kappa shape index (κ1) is 17.5. The quantitative estimate of drug-likeness (QED) is 0.570. The lowest BCUT2D eigenvalue weighted by Crippen LogP contribution is -2.42. The Balaban J connectivity index is 1.78. The summed E-state index contributed by atoms with van der Waals surface area (Å²) in [5.41, 5.74) is 2.76. The van der Waals surface area contributed by atoms with Gasteiger partial charge in [0.05, 0.1) is 19.3 Å². The molecule has 1 aliphatic heterocycles. The summed E-state index contributed by atoms with van der Waals surface area (Å²) in [5.74, 6) is -1.21. The first-order chi connectivity index (χ1) is 13.1. The fraction of sp³-hybridized carbons (Fsp3) is 0.238. The summed E-state index contributed by atoms with van der Waals surface area (Å²) in [6.07, 6.45) is 0.991. The summed E-state index contributed by atoms with van der Waals surface area (Å²) in [6, 6.07) is 17.1. The number of aliphatic hydroxyl groups excluding tert-OH is 1. The zero-order chi connectivity index (χ0) is 18.8. The molecule has 0 saturated carbocycles. The topological polar surface area (TPSA) is 71.2 Å². The van der Waals surface area contributed by atoms with Gasteiger partial charge in [-0.1, -0.05) is 36.4 Å². The van der Waals surface area contributed by atoms with Crippen molar-refractivity contribution < 1.29 is 19.4 Å². The molecule has 138 valence electrons. The van der Waals surface area contributed by atoms with E-state index in [0.717, 1.165) is 11.1 Å². The van der Waals surface area contributed by atoms with Crippen molar-refractivity contribution in [1.29, 1.82) is 0 Å². The highest BCUT2D eigenvalue weighted by atomic mass is 16.5. The van der Waals surface area contributed by atoms with Crippen LogP contribution in [0.3, 0.4) is 0 Å². The highest BCUT2D eigenvalue weighted by Crippen LogP contribution is 2.28. The van der Waals surface area contributed by atoms with Crippen molar-refractivity contribution in [3.8, 4) is 11.1 Å². The van der Waals surface area contributed by atoms with E-state index in [1.807, 2.05) is 54.6 Å². The Labute approximate surface area is 156 Å². The van der Waals surface area contributed by atoms with Crippen LogP contribution in [0.2, 0.25) is 0 Å². The molecule has 1 N–H and O–H groups in total. The number of β-amino-alcohol motifs (C(OH)–C–C–N with tert-alkyl or cyclic N) is 1. The van der Waals surface area contributed by atoms with Crippen molar-refractivity contribution in [3.63, 3.8) is 0 Å². The number of pyridine rings is 1. The van der Waals surface area contributed by atoms with Gasteiger partial charge >= 0.3 is 0 Å². The lowest BCUT2D eigenvalue weighted by Gasteiger charge is -2.20. The van der Waals surface area contributed by atoms with Crippen molar-refractivity contribution in [2.75, 3.05) is 26.3 Å². The van der Waals surface area contributed by atoms with Gasteiger partial charge in [0, 0.05) is 30.4 Å². The Kier molecular flexibility index (Phi) is 4.75. The average molecular weight is 364 g/mol. The smallest absolute Gasteiger partial charge is 0.296 e. The van der Waals surface area contributed by atoms with Gasteiger partial charge < -0.3 is 19.1 Å². The summed E-state index contributed by atoms with van der Waals surface area (Å²) in [6.45, 7) is 0.845. The maximum Gasteiger partial charge on any atom is 0.296 e. The van der Waals surface area contributed by atoms with Gasteiger partial charge in [0.15, 0.2) is 0 Å². The van der Waals surface area contributed by atoms with Crippen molar-refractivity contribution in [2.45, 2.75) is 6.10 Å². The third-order valence-corrected chi connectivity index (χ3v) is 4.71. The number of benzene rings is 1. The van der Waals surface area contributed by atoms with Gasteiger partial charge in [0.2, 0.25) is 0 Å².